The predicted molar refractivity (Wildman–Crippen MR) is 68.5 cm³/mol. The van der Waals surface area contributed by atoms with E-state index >= 15 is 0 Å². The summed E-state index contributed by atoms with van der Waals surface area (Å²) >= 11 is 0. The first-order valence-corrected chi connectivity index (χ1v) is 7.52. The van der Waals surface area contributed by atoms with Crippen LogP contribution in [-0.2, 0) is 0 Å². The van der Waals surface area contributed by atoms with Crippen LogP contribution in [0.1, 0.15) is 58.3 Å². The molecule has 92 valence electrons. The van der Waals surface area contributed by atoms with Crippen LogP contribution in [0, 0.1) is 17.3 Å². The number of hydrogen-bond donors (Lipinski definition) is 0. The molecule has 3 rings (SSSR count). The van der Waals surface area contributed by atoms with Gasteiger partial charge in [0.05, 0.1) is 0 Å². The molecule has 1 saturated heterocycles. The van der Waals surface area contributed by atoms with E-state index in [-0.39, 0.29) is 0 Å². The second-order valence-electron chi connectivity index (χ2n) is 6.83. The Morgan fingerprint density at radius 1 is 1.19 bits per heavy atom. The van der Waals surface area contributed by atoms with Gasteiger partial charge in [-0.2, -0.15) is 0 Å². The second-order valence-corrected chi connectivity index (χ2v) is 6.83. The minimum Gasteiger partial charge on any atom is -0.303 e. The van der Waals surface area contributed by atoms with E-state index < -0.39 is 0 Å². The van der Waals surface area contributed by atoms with Crippen molar-refractivity contribution in [2.45, 2.75) is 58.3 Å². The zero-order valence-corrected chi connectivity index (χ0v) is 10.9. The van der Waals surface area contributed by atoms with E-state index in [1.54, 1.807) is 32.1 Å². The maximum absolute atomic E-state index is 2.76. The molecule has 0 amide bonds. The van der Waals surface area contributed by atoms with Crippen molar-refractivity contribution in [3.8, 4) is 0 Å². The third-order valence-electron chi connectivity index (χ3n) is 5.44. The van der Waals surface area contributed by atoms with Crippen molar-refractivity contribution >= 4 is 0 Å². The molecular weight excluding hydrogens is 194 g/mol. The van der Waals surface area contributed by atoms with Gasteiger partial charge in [0.25, 0.3) is 0 Å². The Labute approximate surface area is 101 Å². The third kappa shape index (κ3) is 2.03. The number of likely N-dealkylation sites (tertiary alicyclic amines) is 1. The first-order chi connectivity index (χ1) is 7.80. The van der Waals surface area contributed by atoms with Crippen LogP contribution in [0.5, 0.6) is 0 Å². The van der Waals surface area contributed by atoms with Crippen molar-refractivity contribution in [2.24, 2.45) is 17.3 Å². The molecule has 1 spiro atoms. The van der Waals surface area contributed by atoms with Crippen molar-refractivity contribution in [3.63, 3.8) is 0 Å². The van der Waals surface area contributed by atoms with Crippen molar-refractivity contribution < 1.29 is 0 Å². The monoisotopic (exact) mass is 221 g/mol. The lowest BCUT2D eigenvalue weighted by Gasteiger charge is -2.37. The molecule has 0 aromatic carbocycles. The maximum Gasteiger partial charge on any atom is 0.00387 e. The molecule has 2 unspecified atom stereocenters. The van der Waals surface area contributed by atoms with Crippen LogP contribution in [0.3, 0.4) is 0 Å². The summed E-state index contributed by atoms with van der Waals surface area (Å²) in [5.74, 6) is 2.23. The molecule has 1 aliphatic heterocycles. The number of rotatable bonds is 3. The van der Waals surface area contributed by atoms with Crippen molar-refractivity contribution in [3.05, 3.63) is 0 Å². The summed E-state index contributed by atoms with van der Waals surface area (Å²) in [7, 11) is 0. The molecule has 1 heterocycles. The Bertz CT molecular complexity index is 236. The molecule has 2 saturated carbocycles. The Morgan fingerprint density at radius 2 is 1.94 bits per heavy atom. The summed E-state index contributed by atoms with van der Waals surface area (Å²) in [5, 5.41) is 0. The van der Waals surface area contributed by atoms with E-state index in [0.29, 0.717) is 0 Å². The van der Waals surface area contributed by atoms with Gasteiger partial charge in [0.2, 0.25) is 0 Å². The number of unbranched alkanes of at least 4 members (excludes halogenated alkanes) is 1. The smallest absolute Gasteiger partial charge is 0.00387 e. The van der Waals surface area contributed by atoms with Crippen LogP contribution in [0.15, 0.2) is 0 Å². The van der Waals surface area contributed by atoms with Gasteiger partial charge < -0.3 is 4.90 Å². The quantitative estimate of drug-likeness (QED) is 0.702. The summed E-state index contributed by atoms with van der Waals surface area (Å²) in [4.78, 5) is 2.76. The van der Waals surface area contributed by atoms with Crippen LogP contribution in [0.2, 0.25) is 0 Å². The summed E-state index contributed by atoms with van der Waals surface area (Å²) in [6, 6.07) is 0. The van der Waals surface area contributed by atoms with Gasteiger partial charge in [-0.1, -0.05) is 26.2 Å². The summed E-state index contributed by atoms with van der Waals surface area (Å²) in [6.07, 6.45) is 12.1. The molecule has 0 radical (unpaired) electrons. The number of fused-ring (bicyclic) bond motifs is 2. The highest BCUT2D eigenvalue weighted by Crippen LogP contribution is 2.54. The zero-order valence-electron chi connectivity index (χ0n) is 10.9. The van der Waals surface area contributed by atoms with Crippen LogP contribution < -0.4 is 0 Å². The Morgan fingerprint density at radius 3 is 2.62 bits per heavy atom. The largest absolute Gasteiger partial charge is 0.303 e. The summed E-state index contributed by atoms with van der Waals surface area (Å²) in [5.41, 5.74) is 0.776. The maximum atomic E-state index is 2.76. The van der Waals surface area contributed by atoms with Gasteiger partial charge >= 0.3 is 0 Å². The lowest BCUT2D eigenvalue weighted by Crippen LogP contribution is -2.33. The molecule has 0 aromatic rings. The van der Waals surface area contributed by atoms with Crippen LogP contribution in [0.4, 0.5) is 0 Å². The highest BCUT2D eigenvalue weighted by molar-refractivity contribution is 4.99. The Kier molecular flexibility index (Phi) is 2.99. The van der Waals surface area contributed by atoms with E-state index in [9.17, 15) is 0 Å². The van der Waals surface area contributed by atoms with E-state index in [0.717, 1.165) is 17.3 Å². The first kappa shape index (κ1) is 11.1. The topological polar surface area (TPSA) is 3.24 Å². The fourth-order valence-electron chi connectivity index (χ4n) is 4.79. The highest BCUT2D eigenvalue weighted by Gasteiger charge is 2.46. The van der Waals surface area contributed by atoms with Gasteiger partial charge in [0.15, 0.2) is 0 Å². The molecule has 2 atom stereocenters. The van der Waals surface area contributed by atoms with Gasteiger partial charge in [0.1, 0.15) is 0 Å². The predicted octanol–water partition coefficient (Wildman–Crippen LogP) is 3.69. The molecule has 1 heteroatoms. The van der Waals surface area contributed by atoms with Gasteiger partial charge in [-0.05, 0) is 62.4 Å². The molecular formula is C15H27N. The number of hydrogen-bond acceptors (Lipinski definition) is 1. The second kappa shape index (κ2) is 4.33. The molecule has 2 aliphatic carbocycles. The fourth-order valence-corrected chi connectivity index (χ4v) is 4.79. The normalized spacial score (nSPS) is 43.3. The molecule has 0 aromatic heterocycles. The molecule has 1 nitrogen and oxygen atoms in total. The first-order valence-electron chi connectivity index (χ1n) is 7.52. The van der Waals surface area contributed by atoms with E-state index in [2.05, 4.69) is 11.8 Å². The van der Waals surface area contributed by atoms with Crippen LogP contribution in [0.25, 0.3) is 0 Å². The van der Waals surface area contributed by atoms with Gasteiger partial charge in [-0.15, -0.1) is 0 Å². The van der Waals surface area contributed by atoms with Crippen molar-refractivity contribution in [2.75, 3.05) is 19.6 Å². The minimum atomic E-state index is 0.776. The zero-order chi connectivity index (χ0) is 11.0. The minimum absolute atomic E-state index is 0.776. The van der Waals surface area contributed by atoms with Gasteiger partial charge in [0, 0.05) is 6.54 Å². The van der Waals surface area contributed by atoms with Gasteiger partial charge in [-0.3, -0.25) is 0 Å². The van der Waals surface area contributed by atoms with E-state index in [4.69, 9.17) is 0 Å². The van der Waals surface area contributed by atoms with Crippen LogP contribution >= 0.6 is 0 Å². The molecule has 16 heavy (non-hydrogen) atoms. The lowest BCUT2D eigenvalue weighted by molar-refractivity contribution is 0.133. The summed E-state index contributed by atoms with van der Waals surface area (Å²) in [6.45, 7) is 6.53. The average molecular weight is 221 g/mol. The standard InChI is InChI=1S/C15H27N/c1-2-3-7-16-8-6-15(12-16)10-13-4-5-14(9-13)11-15/h13-14H,2-12H2,1H3. The Hall–Kier alpha value is -0.0400. The number of nitrogens with zero attached hydrogens (tertiary/aromatic N) is 1. The lowest BCUT2D eigenvalue weighted by atomic mass is 9.68. The Balaban J connectivity index is 1.59. The molecule has 2 bridgehead atoms. The SMILES string of the molecule is CCCCN1CCC2(CC3CCC(C3)C2)C1. The van der Waals surface area contributed by atoms with Crippen molar-refractivity contribution in [1.82, 2.24) is 4.90 Å². The van der Waals surface area contributed by atoms with Gasteiger partial charge in [-0.25, -0.2) is 0 Å². The van der Waals surface area contributed by atoms with E-state index in [1.165, 1.54) is 38.9 Å². The molecule has 3 fully saturated rings. The van der Waals surface area contributed by atoms with E-state index in [1.807, 2.05) is 0 Å². The molecule has 3 aliphatic rings. The summed E-state index contributed by atoms with van der Waals surface area (Å²) < 4.78 is 0. The van der Waals surface area contributed by atoms with Crippen LogP contribution in [-0.4, -0.2) is 24.5 Å². The fraction of sp³-hybridized carbons (Fsp3) is 1.00. The molecule has 0 N–H and O–H groups in total. The van der Waals surface area contributed by atoms with Crippen molar-refractivity contribution in [1.29, 1.82) is 0 Å². The highest BCUT2D eigenvalue weighted by atomic mass is 15.2. The third-order valence-corrected chi connectivity index (χ3v) is 5.44. The average Bonchev–Trinajstić information content (AvgIpc) is 2.81.